The van der Waals surface area contributed by atoms with Crippen LogP contribution in [-0.4, -0.2) is 33.1 Å². The summed E-state index contributed by atoms with van der Waals surface area (Å²) >= 11 is 0. The van der Waals surface area contributed by atoms with Crippen LogP contribution in [0.4, 0.5) is 0 Å². The van der Waals surface area contributed by atoms with E-state index >= 15 is 0 Å². The first-order valence-corrected chi connectivity index (χ1v) is 10.1. The Kier molecular flexibility index (Phi) is 8.12. The maximum atomic E-state index is 10.9. The molecule has 5 heteroatoms. The zero-order chi connectivity index (χ0) is 15.8. The lowest BCUT2D eigenvalue weighted by atomic mass is 10.2. The number of rotatable bonds is 8. The van der Waals surface area contributed by atoms with Crippen LogP contribution in [0.3, 0.4) is 0 Å². The number of carbonyl (C=O) groups excluding carboxylic acids is 1. The van der Waals surface area contributed by atoms with Crippen molar-refractivity contribution < 1.29 is 19.1 Å². The lowest BCUT2D eigenvalue weighted by molar-refractivity contribution is -0.135. The second-order valence-corrected chi connectivity index (χ2v) is 11.4. The summed E-state index contributed by atoms with van der Waals surface area (Å²) in [5.74, 6) is -0.425. The van der Waals surface area contributed by atoms with Gasteiger partial charge in [0.15, 0.2) is 8.32 Å². The van der Waals surface area contributed by atoms with Gasteiger partial charge in [-0.3, -0.25) is 0 Å². The van der Waals surface area contributed by atoms with Crippen LogP contribution in [0.5, 0.6) is 0 Å². The Morgan fingerprint density at radius 3 is 2.30 bits per heavy atom. The fourth-order valence-corrected chi connectivity index (χ4v) is 2.48. The molecule has 20 heavy (non-hydrogen) atoms. The Balaban J connectivity index is 3.79. The first kappa shape index (κ1) is 19.2. The monoisotopic (exact) mass is 302 g/mol. The number of methoxy groups -OCH3 is 1. The summed E-state index contributed by atoms with van der Waals surface area (Å²) in [6, 6.07) is 0. The molecule has 0 aliphatic carbocycles. The number of hydrogen-bond donors (Lipinski definition) is 1. The van der Waals surface area contributed by atoms with Crippen LogP contribution in [0.15, 0.2) is 11.8 Å². The van der Waals surface area contributed by atoms with Crippen LogP contribution in [0.1, 0.15) is 46.5 Å². The number of carbonyl (C=O) groups is 1. The van der Waals surface area contributed by atoms with Gasteiger partial charge in [-0.2, -0.15) is 0 Å². The predicted molar refractivity (Wildman–Crippen MR) is 84.3 cm³/mol. The molecule has 1 N–H and O–H groups in total. The molecule has 0 atom stereocenters. The summed E-state index contributed by atoms with van der Waals surface area (Å²) < 4.78 is 10.5. The van der Waals surface area contributed by atoms with E-state index in [0.717, 1.165) is 31.9 Å². The van der Waals surface area contributed by atoms with Gasteiger partial charge in [-0.05, 0) is 31.0 Å². The molecule has 0 aliphatic heterocycles. The number of aliphatic hydroxyl groups excluding tert-OH is 1. The van der Waals surface area contributed by atoms with Gasteiger partial charge >= 0.3 is 5.97 Å². The maximum absolute atomic E-state index is 10.9. The summed E-state index contributed by atoms with van der Waals surface area (Å²) in [7, 11) is -0.340. The minimum atomic E-state index is -1.64. The van der Waals surface area contributed by atoms with E-state index < -0.39 is 14.3 Å². The highest BCUT2D eigenvalue weighted by Crippen LogP contribution is 2.36. The molecule has 4 nitrogen and oxygen atoms in total. The Bertz CT molecular complexity index is 329. The molecule has 0 amide bonds. The van der Waals surface area contributed by atoms with Crippen molar-refractivity contribution in [3.05, 3.63) is 11.8 Å². The predicted octanol–water partition coefficient (Wildman–Crippen LogP) is 4.18. The summed E-state index contributed by atoms with van der Waals surface area (Å²) in [6.45, 7) is 12.0. The number of unbranched alkanes of at least 4 members (excludes halogenated alkanes) is 2. The average Bonchev–Trinajstić information content (AvgIpc) is 2.31. The van der Waals surface area contributed by atoms with E-state index in [4.69, 9.17) is 4.43 Å². The molecule has 0 aliphatic rings. The van der Waals surface area contributed by atoms with Crippen molar-refractivity contribution in [1.29, 1.82) is 0 Å². The standard InChI is InChI=1S/C15H30O4Si/c1-15(2,3)20(5,6)19-11-9-7-8-10-13(16)12-14(17)18-4/h12,16H,7-11H2,1-6H3/b13-12-. The van der Waals surface area contributed by atoms with Gasteiger partial charge in [-0.15, -0.1) is 0 Å². The highest BCUT2D eigenvalue weighted by molar-refractivity contribution is 6.74. The third-order valence-corrected chi connectivity index (χ3v) is 8.37. The fourth-order valence-electron chi connectivity index (χ4n) is 1.40. The number of allylic oxidation sites excluding steroid dienone is 1. The number of aliphatic hydroxyl groups is 1. The van der Waals surface area contributed by atoms with Crippen LogP contribution >= 0.6 is 0 Å². The van der Waals surface area contributed by atoms with Crippen molar-refractivity contribution in [2.75, 3.05) is 13.7 Å². The molecule has 0 spiro atoms. The molecule has 0 saturated heterocycles. The second kappa shape index (κ2) is 8.47. The second-order valence-electron chi connectivity index (χ2n) is 6.58. The van der Waals surface area contributed by atoms with E-state index in [2.05, 4.69) is 38.6 Å². The Morgan fingerprint density at radius 2 is 1.80 bits per heavy atom. The summed E-state index contributed by atoms with van der Waals surface area (Å²) in [5, 5.41) is 9.72. The Labute approximate surface area is 124 Å². The van der Waals surface area contributed by atoms with Gasteiger partial charge < -0.3 is 14.3 Å². The summed E-state index contributed by atoms with van der Waals surface area (Å²) in [4.78, 5) is 10.9. The number of ether oxygens (including phenoxy) is 1. The fraction of sp³-hybridized carbons (Fsp3) is 0.800. The van der Waals surface area contributed by atoms with Gasteiger partial charge in [-0.25, -0.2) is 4.79 Å². The molecule has 0 heterocycles. The minimum Gasteiger partial charge on any atom is -0.512 e. The van der Waals surface area contributed by atoms with Crippen molar-refractivity contribution in [2.24, 2.45) is 0 Å². The lowest BCUT2D eigenvalue weighted by Crippen LogP contribution is -2.40. The van der Waals surface area contributed by atoms with Gasteiger partial charge in [0.05, 0.1) is 18.9 Å². The molecule has 0 fully saturated rings. The topological polar surface area (TPSA) is 55.8 Å². The molecule has 0 unspecified atom stereocenters. The van der Waals surface area contributed by atoms with E-state index in [1.54, 1.807) is 0 Å². The van der Waals surface area contributed by atoms with Crippen LogP contribution in [0, 0.1) is 0 Å². The minimum absolute atomic E-state index is 0.0853. The first-order valence-electron chi connectivity index (χ1n) is 7.21. The van der Waals surface area contributed by atoms with Gasteiger partial charge in [0, 0.05) is 13.0 Å². The highest BCUT2D eigenvalue weighted by Gasteiger charge is 2.36. The third kappa shape index (κ3) is 7.70. The highest BCUT2D eigenvalue weighted by atomic mass is 28.4. The van der Waals surface area contributed by atoms with Gasteiger partial charge in [0.1, 0.15) is 0 Å². The van der Waals surface area contributed by atoms with Crippen molar-refractivity contribution in [3.63, 3.8) is 0 Å². The van der Waals surface area contributed by atoms with Crippen LogP contribution in [0.25, 0.3) is 0 Å². The molecule has 0 aromatic heterocycles. The van der Waals surface area contributed by atoms with E-state index in [0.29, 0.717) is 6.42 Å². The molecular weight excluding hydrogens is 272 g/mol. The molecule has 0 aromatic carbocycles. The van der Waals surface area contributed by atoms with Crippen molar-refractivity contribution in [2.45, 2.75) is 64.6 Å². The SMILES string of the molecule is COC(=O)/C=C(\O)CCCCCO[Si](C)(C)C(C)(C)C. The molecule has 0 rings (SSSR count). The van der Waals surface area contributed by atoms with Crippen molar-refractivity contribution in [3.8, 4) is 0 Å². The normalized spacial score (nSPS) is 13.4. The summed E-state index contributed by atoms with van der Waals surface area (Å²) in [5.41, 5.74) is 0. The van der Waals surface area contributed by atoms with E-state index in [1.165, 1.54) is 7.11 Å². The van der Waals surface area contributed by atoms with Gasteiger partial charge in [0.25, 0.3) is 0 Å². The van der Waals surface area contributed by atoms with Crippen LogP contribution in [-0.2, 0) is 14.0 Å². The maximum Gasteiger partial charge on any atom is 0.333 e. The zero-order valence-corrected chi connectivity index (χ0v) is 14.8. The third-order valence-electron chi connectivity index (χ3n) is 3.83. The summed E-state index contributed by atoms with van der Waals surface area (Å²) in [6.07, 6.45) is 4.45. The quantitative estimate of drug-likeness (QED) is 0.240. The molecule has 0 saturated carbocycles. The van der Waals surface area contributed by atoms with Crippen LogP contribution < -0.4 is 0 Å². The largest absolute Gasteiger partial charge is 0.512 e. The molecule has 0 aromatic rings. The number of esters is 1. The zero-order valence-electron chi connectivity index (χ0n) is 13.8. The molecule has 0 bridgehead atoms. The first-order chi connectivity index (χ1) is 9.10. The van der Waals surface area contributed by atoms with E-state index in [-0.39, 0.29) is 10.8 Å². The molecule has 0 radical (unpaired) electrons. The van der Waals surface area contributed by atoms with Crippen LogP contribution in [0.2, 0.25) is 18.1 Å². The van der Waals surface area contributed by atoms with Gasteiger partial charge in [-0.1, -0.05) is 27.2 Å². The number of hydrogen-bond acceptors (Lipinski definition) is 4. The smallest absolute Gasteiger partial charge is 0.333 e. The average molecular weight is 302 g/mol. The Hall–Kier alpha value is -0.813. The van der Waals surface area contributed by atoms with Crippen molar-refractivity contribution >= 4 is 14.3 Å². The van der Waals surface area contributed by atoms with Gasteiger partial charge in [0.2, 0.25) is 0 Å². The Morgan fingerprint density at radius 1 is 1.20 bits per heavy atom. The molecule has 118 valence electrons. The van der Waals surface area contributed by atoms with Crippen molar-refractivity contribution in [1.82, 2.24) is 0 Å². The lowest BCUT2D eigenvalue weighted by Gasteiger charge is -2.36. The van der Waals surface area contributed by atoms with E-state index in [1.807, 2.05) is 0 Å². The molecular formula is C15H30O4Si. The van der Waals surface area contributed by atoms with E-state index in [9.17, 15) is 9.90 Å².